The first-order valence-electron chi connectivity index (χ1n) is 8.60. The number of hydrogen-bond donors (Lipinski definition) is 2. The predicted molar refractivity (Wildman–Crippen MR) is 93.3 cm³/mol. The van der Waals surface area contributed by atoms with E-state index in [0.29, 0.717) is 19.3 Å². The maximum Gasteiger partial charge on any atom is 0.469 e. The monoisotopic (exact) mass is 366 g/mol. The van der Waals surface area contributed by atoms with Gasteiger partial charge in [0.15, 0.2) is 0 Å². The van der Waals surface area contributed by atoms with Crippen molar-refractivity contribution in [3.63, 3.8) is 0 Å². The smallest absolute Gasteiger partial charge is 0.463 e. The Kier molecular flexibility index (Phi) is 11.4. The van der Waals surface area contributed by atoms with Crippen LogP contribution in [0.4, 0.5) is 0 Å². The SMILES string of the molecule is C=CC(=O)OCCCC(CCC[N+](CC)(CC)CC)OP(=O)(O)O. The van der Waals surface area contributed by atoms with Crippen LogP contribution in [-0.2, 0) is 18.6 Å². The van der Waals surface area contributed by atoms with Gasteiger partial charge >= 0.3 is 13.8 Å². The van der Waals surface area contributed by atoms with Crippen LogP contribution >= 0.6 is 7.82 Å². The molecule has 0 radical (unpaired) electrons. The van der Waals surface area contributed by atoms with E-state index in [2.05, 4.69) is 27.4 Å². The van der Waals surface area contributed by atoms with E-state index in [1.807, 2.05) is 0 Å². The maximum atomic E-state index is 11.1. The number of rotatable bonds is 14. The van der Waals surface area contributed by atoms with Gasteiger partial charge in [-0.05, 0) is 46.5 Å². The number of carbonyl (C=O) groups is 1. The van der Waals surface area contributed by atoms with E-state index in [9.17, 15) is 9.36 Å². The molecule has 0 fully saturated rings. The number of phosphoric acid groups is 1. The van der Waals surface area contributed by atoms with E-state index in [1.165, 1.54) is 0 Å². The summed E-state index contributed by atoms with van der Waals surface area (Å²) in [5.74, 6) is -0.502. The van der Waals surface area contributed by atoms with Crippen molar-refractivity contribution in [2.75, 3.05) is 32.8 Å². The van der Waals surface area contributed by atoms with E-state index in [4.69, 9.17) is 19.0 Å². The Balaban J connectivity index is 4.43. The molecule has 0 spiro atoms. The molecule has 0 aromatic rings. The van der Waals surface area contributed by atoms with Crippen molar-refractivity contribution in [3.05, 3.63) is 12.7 Å². The van der Waals surface area contributed by atoms with Gasteiger partial charge in [0.25, 0.3) is 0 Å². The molecule has 0 aromatic carbocycles. The molecule has 0 aliphatic rings. The van der Waals surface area contributed by atoms with Crippen LogP contribution in [0.2, 0.25) is 0 Å². The highest BCUT2D eigenvalue weighted by Gasteiger charge is 2.25. The fraction of sp³-hybridized carbons (Fsp3) is 0.812. The van der Waals surface area contributed by atoms with E-state index in [0.717, 1.165) is 43.2 Å². The van der Waals surface area contributed by atoms with E-state index in [-0.39, 0.29) is 6.61 Å². The largest absolute Gasteiger partial charge is 0.469 e. The Morgan fingerprint density at radius 3 is 2.17 bits per heavy atom. The summed E-state index contributed by atoms with van der Waals surface area (Å²) in [4.78, 5) is 29.1. The summed E-state index contributed by atoms with van der Waals surface area (Å²) in [7, 11) is -4.53. The summed E-state index contributed by atoms with van der Waals surface area (Å²) in [5, 5.41) is 0. The number of esters is 1. The third-order valence-electron chi connectivity index (χ3n) is 4.54. The number of quaternary nitrogens is 1. The molecule has 0 aromatic heterocycles. The molecule has 142 valence electrons. The molecule has 0 amide bonds. The molecular formula is C16H33NO6P+. The van der Waals surface area contributed by atoms with Crippen LogP contribution < -0.4 is 0 Å². The molecule has 0 heterocycles. The van der Waals surface area contributed by atoms with Gasteiger partial charge in [-0.1, -0.05) is 6.58 Å². The molecule has 0 rings (SSSR count). The average molecular weight is 366 g/mol. The predicted octanol–water partition coefficient (Wildman–Crippen LogP) is 2.63. The molecule has 24 heavy (non-hydrogen) atoms. The Morgan fingerprint density at radius 1 is 1.17 bits per heavy atom. The van der Waals surface area contributed by atoms with Gasteiger partial charge in [0.1, 0.15) is 0 Å². The lowest BCUT2D eigenvalue weighted by Crippen LogP contribution is -2.48. The number of hydrogen-bond acceptors (Lipinski definition) is 4. The summed E-state index contributed by atoms with van der Waals surface area (Å²) >= 11 is 0. The van der Waals surface area contributed by atoms with Gasteiger partial charge in [-0.2, -0.15) is 0 Å². The average Bonchev–Trinajstić information content (AvgIpc) is 2.54. The zero-order valence-corrected chi connectivity index (χ0v) is 16.0. The molecule has 0 bridgehead atoms. The van der Waals surface area contributed by atoms with E-state index < -0.39 is 19.9 Å². The quantitative estimate of drug-likeness (QED) is 0.161. The fourth-order valence-electron chi connectivity index (χ4n) is 2.79. The molecule has 0 saturated heterocycles. The minimum Gasteiger partial charge on any atom is -0.463 e. The highest BCUT2D eigenvalue weighted by atomic mass is 31.2. The summed E-state index contributed by atoms with van der Waals surface area (Å²) in [6, 6.07) is 0. The van der Waals surface area contributed by atoms with Crippen molar-refractivity contribution in [1.29, 1.82) is 0 Å². The van der Waals surface area contributed by atoms with Crippen LogP contribution in [0.1, 0.15) is 46.5 Å². The summed E-state index contributed by atoms with van der Waals surface area (Å²) < 4.78 is 21.9. The van der Waals surface area contributed by atoms with Crippen molar-refractivity contribution < 1.29 is 32.9 Å². The maximum absolute atomic E-state index is 11.1. The van der Waals surface area contributed by atoms with E-state index >= 15 is 0 Å². The van der Waals surface area contributed by atoms with Crippen molar-refractivity contribution in [1.82, 2.24) is 0 Å². The Hall–Kier alpha value is -0.720. The fourth-order valence-corrected chi connectivity index (χ4v) is 3.39. The summed E-state index contributed by atoms with van der Waals surface area (Å²) in [6.45, 7) is 14.0. The number of carbonyl (C=O) groups excluding carboxylic acids is 1. The number of phosphoric ester groups is 1. The molecule has 1 atom stereocenters. The van der Waals surface area contributed by atoms with Gasteiger partial charge < -0.3 is 19.0 Å². The van der Waals surface area contributed by atoms with Crippen molar-refractivity contribution >= 4 is 13.8 Å². The second-order valence-corrected chi connectivity index (χ2v) is 7.08. The first-order chi connectivity index (χ1) is 11.2. The molecule has 0 aliphatic heterocycles. The minimum absolute atomic E-state index is 0.185. The number of nitrogens with zero attached hydrogens (tertiary/aromatic N) is 1. The standard InChI is InChI=1S/C16H32NO6P/c1-5-16(18)22-14-10-12-15(23-24(19,20)21)11-9-13-17(6-2,7-3)8-4/h5,15H,1,6-14H2,2-4H3,(H-,19,20,21)/p+1. The molecule has 8 heteroatoms. The first-order valence-corrected chi connectivity index (χ1v) is 10.1. The highest BCUT2D eigenvalue weighted by molar-refractivity contribution is 7.46. The lowest BCUT2D eigenvalue weighted by Gasteiger charge is -2.36. The van der Waals surface area contributed by atoms with Gasteiger partial charge in [0.2, 0.25) is 0 Å². The lowest BCUT2D eigenvalue weighted by molar-refractivity contribution is -0.923. The molecule has 0 saturated carbocycles. The van der Waals surface area contributed by atoms with Crippen LogP contribution in [0, 0.1) is 0 Å². The summed E-state index contributed by atoms with van der Waals surface area (Å²) in [5.41, 5.74) is 0. The third kappa shape index (κ3) is 10.2. The van der Waals surface area contributed by atoms with Crippen LogP contribution in [0.3, 0.4) is 0 Å². The minimum atomic E-state index is -4.53. The van der Waals surface area contributed by atoms with Crippen molar-refractivity contribution in [3.8, 4) is 0 Å². The second kappa shape index (κ2) is 11.8. The van der Waals surface area contributed by atoms with E-state index in [1.54, 1.807) is 0 Å². The highest BCUT2D eigenvalue weighted by Crippen LogP contribution is 2.39. The molecular weight excluding hydrogens is 333 g/mol. The molecule has 2 N–H and O–H groups in total. The van der Waals surface area contributed by atoms with Gasteiger partial charge in [0.05, 0.1) is 38.9 Å². The first kappa shape index (κ1) is 23.3. The van der Waals surface area contributed by atoms with Crippen LogP contribution in [0.5, 0.6) is 0 Å². The van der Waals surface area contributed by atoms with Crippen LogP contribution in [0.25, 0.3) is 0 Å². The molecule has 0 aliphatic carbocycles. The van der Waals surface area contributed by atoms with Gasteiger partial charge in [-0.15, -0.1) is 0 Å². The zero-order valence-electron chi connectivity index (χ0n) is 15.1. The van der Waals surface area contributed by atoms with Crippen molar-refractivity contribution in [2.24, 2.45) is 0 Å². The zero-order chi connectivity index (χ0) is 18.6. The topological polar surface area (TPSA) is 93.1 Å². The second-order valence-electron chi connectivity index (χ2n) is 5.89. The van der Waals surface area contributed by atoms with Gasteiger partial charge in [-0.3, -0.25) is 4.52 Å². The Labute approximate surface area is 145 Å². The van der Waals surface area contributed by atoms with Crippen LogP contribution in [0.15, 0.2) is 12.7 Å². The molecule has 1 unspecified atom stereocenters. The molecule has 7 nitrogen and oxygen atoms in total. The van der Waals surface area contributed by atoms with Crippen LogP contribution in [-0.4, -0.2) is 59.1 Å². The number of ether oxygens (including phenoxy) is 1. The van der Waals surface area contributed by atoms with Gasteiger partial charge in [-0.25, -0.2) is 9.36 Å². The normalized spacial score (nSPS) is 13.5. The Bertz CT molecular complexity index is 411. The Morgan fingerprint density at radius 2 is 1.71 bits per heavy atom. The lowest BCUT2D eigenvalue weighted by atomic mass is 10.1. The van der Waals surface area contributed by atoms with Gasteiger partial charge in [0, 0.05) is 6.08 Å². The van der Waals surface area contributed by atoms with Crippen molar-refractivity contribution in [2.45, 2.75) is 52.6 Å². The third-order valence-corrected chi connectivity index (χ3v) is 5.11. The summed E-state index contributed by atoms with van der Waals surface area (Å²) in [6.07, 6.45) is 2.86.